The van der Waals surface area contributed by atoms with Gasteiger partial charge >= 0.3 is 0 Å². The van der Waals surface area contributed by atoms with Crippen LogP contribution in [0, 0.1) is 0 Å². The van der Waals surface area contributed by atoms with Crippen molar-refractivity contribution in [3.8, 4) is 43.5 Å². The van der Waals surface area contributed by atoms with Crippen molar-refractivity contribution in [3.05, 3.63) is 84.9 Å². The minimum Gasteiger partial charge on any atom is -0.497 e. The highest BCUT2D eigenvalue weighted by molar-refractivity contribution is 7.19. The average Bonchev–Trinajstić information content (AvgIpc) is 3.20. The predicted octanol–water partition coefficient (Wildman–Crippen LogP) is 6.77. The van der Waals surface area contributed by atoms with Crippen molar-refractivity contribution in [1.82, 2.24) is 0 Å². The van der Waals surface area contributed by atoms with Crippen LogP contribution in [-0.4, -0.2) is 14.2 Å². The van der Waals surface area contributed by atoms with E-state index in [1.165, 1.54) is 32.0 Å². The zero-order valence-electron chi connectivity index (χ0n) is 15.3. The maximum atomic E-state index is 5.31. The Kier molecular flexibility index (Phi) is 4.95. The van der Waals surface area contributed by atoms with Crippen molar-refractivity contribution in [2.45, 2.75) is 0 Å². The molecule has 2 nitrogen and oxygen atoms in total. The van der Waals surface area contributed by atoms with E-state index in [1.54, 1.807) is 14.2 Å². The summed E-state index contributed by atoms with van der Waals surface area (Å²) in [6.07, 6.45) is 0. The first-order valence-electron chi connectivity index (χ1n) is 8.76. The van der Waals surface area contributed by atoms with Gasteiger partial charge in [-0.3, -0.25) is 0 Å². The van der Waals surface area contributed by atoms with E-state index in [2.05, 4.69) is 54.6 Å². The van der Waals surface area contributed by atoms with Gasteiger partial charge in [0.25, 0.3) is 0 Å². The second-order valence-electron chi connectivity index (χ2n) is 6.18. The van der Waals surface area contributed by atoms with Crippen LogP contribution >= 0.6 is 11.3 Å². The molecule has 27 heavy (non-hydrogen) atoms. The molecule has 3 heteroatoms. The van der Waals surface area contributed by atoms with E-state index in [9.17, 15) is 0 Å². The normalized spacial score (nSPS) is 10.6. The molecule has 134 valence electrons. The first-order chi connectivity index (χ1) is 13.3. The first-order valence-corrected chi connectivity index (χ1v) is 9.58. The molecule has 0 amide bonds. The summed E-state index contributed by atoms with van der Waals surface area (Å²) in [5.41, 5.74) is 4.83. The minimum atomic E-state index is 0.864. The molecule has 0 aliphatic rings. The third kappa shape index (κ3) is 3.60. The molecule has 0 atom stereocenters. The van der Waals surface area contributed by atoms with Crippen LogP contribution in [0.1, 0.15) is 0 Å². The van der Waals surface area contributed by atoms with Crippen molar-refractivity contribution >= 4 is 11.3 Å². The van der Waals surface area contributed by atoms with Crippen LogP contribution in [0.4, 0.5) is 0 Å². The van der Waals surface area contributed by atoms with Gasteiger partial charge in [-0.1, -0.05) is 42.5 Å². The summed E-state index contributed by atoms with van der Waals surface area (Å²) < 4.78 is 10.6. The minimum absolute atomic E-state index is 0.864. The molecule has 1 aromatic heterocycles. The lowest BCUT2D eigenvalue weighted by molar-refractivity contribution is 0.414. The summed E-state index contributed by atoms with van der Waals surface area (Å²) in [5.74, 6) is 1.73. The summed E-state index contributed by atoms with van der Waals surface area (Å²) in [6.45, 7) is 0. The Morgan fingerprint density at radius 3 is 1.70 bits per heavy atom. The van der Waals surface area contributed by atoms with Crippen LogP contribution in [0.5, 0.6) is 11.5 Å². The van der Waals surface area contributed by atoms with Crippen LogP contribution in [0.25, 0.3) is 32.0 Å². The Balaban J connectivity index is 1.85. The van der Waals surface area contributed by atoms with Gasteiger partial charge in [0, 0.05) is 15.3 Å². The van der Waals surface area contributed by atoms with Gasteiger partial charge in [-0.15, -0.1) is 11.3 Å². The predicted molar refractivity (Wildman–Crippen MR) is 114 cm³/mol. The second-order valence-corrected chi connectivity index (χ2v) is 7.23. The number of rotatable bonds is 5. The average molecular weight is 372 g/mol. The molecule has 3 aromatic carbocycles. The molecular formula is C24H20O2S. The Morgan fingerprint density at radius 2 is 1.15 bits per heavy atom. The number of benzene rings is 3. The van der Waals surface area contributed by atoms with Gasteiger partial charge < -0.3 is 9.47 Å². The van der Waals surface area contributed by atoms with Crippen LogP contribution in [0.15, 0.2) is 84.9 Å². The van der Waals surface area contributed by atoms with Gasteiger partial charge in [0.15, 0.2) is 0 Å². The van der Waals surface area contributed by atoms with Gasteiger partial charge in [-0.05, 0) is 59.2 Å². The zero-order chi connectivity index (χ0) is 18.6. The number of ether oxygens (including phenoxy) is 2. The lowest BCUT2D eigenvalue weighted by Crippen LogP contribution is -1.84. The smallest absolute Gasteiger partial charge is 0.118 e. The van der Waals surface area contributed by atoms with Crippen molar-refractivity contribution in [3.63, 3.8) is 0 Å². The number of thiophene rings is 1. The Bertz CT molecular complexity index is 951. The quantitative estimate of drug-likeness (QED) is 0.385. The standard InChI is InChI=1S/C24H20O2S/c1-25-20-12-8-17(9-13-20)22-16-23(18-6-4-3-5-7-18)27-24(22)19-10-14-21(26-2)15-11-19/h3-16H,1-2H3. The van der Waals surface area contributed by atoms with E-state index in [4.69, 9.17) is 9.47 Å². The number of hydrogen-bond donors (Lipinski definition) is 0. The van der Waals surface area contributed by atoms with E-state index >= 15 is 0 Å². The summed E-state index contributed by atoms with van der Waals surface area (Å²) in [7, 11) is 3.38. The highest BCUT2D eigenvalue weighted by Crippen LogP contribution is 2.43. The Labute approximate surface area is 163 Å². The summed E-state index contributed by atoms with van der Waals surface area (Å²) in [5, 5.41) is 0. The highest BCUT2D eigenvalue weighted by Gasteiger charge is 2.14. The van der Waals surface area contributed by atoms with Gasteiger partial charge in [0.05, 0.1) is 14.2 Å². The van der Waals surface area contributed by atoms with Gasteiger partial charge in [-0.2, -0.15) is 0 Å². The lowest BCUT2D eigenvalue weighted by Gasteiger charge is -2.07. The van der Waals surface area contributed by atoms with Crippen LogP contribution in [0.3, 0.4) is 0 Å². The number of hydrogen-bond acceptors (Lipinski definition) is 3. The molecule has 0 bridgehead atoms. The van der Waals surface area contributed by atoms with E-state index in [-0.39, 0.29) is 0 Å². The molecule has 0 unspecified atom stereocenters. The highest BCUT2D eigenvalue weighted by atomic mass is 32.1. The fraction of sp³-hybridized carbons (Fsp3) is 0.0833. The fourth-order valence-electron chi connectivity index (χ4n) is 3.08. The van der Waals surface area contributed by atoms with E-state index in [1.807, 2.05) is 41.7 Å². The molecule has 0 fully saturated rings. The van der Waals surface area contributed by atoms with E-state index < -0.39 is 0 Å². The zero-order valence-corrected chi connectivity index (χ0v) is 16.1. The van der Waals surface area contributed by atoms with E-state index in [0.29, 0.717) is 0 Å². The van der Waals surface area contributed by atoms with Crippen molar-refractivity contribution in [2.75, 3.05) is 14.2 Å². The molecule has 0 saturated heterocycles. The summed E-state index contributed by atoms with van der Waals surface area (Å²) in [6, 6.07) is 29.3. The van der Waals surface area contributed by atoms with Gasteiger partial charge in [-0.25, -0.2) is 0 Å². The van der Waals surface area contributed by atoms with Crippen molar-refractivity contribution in [1.29, 1.82) is 0 Å². The topological polar surface area (TPSA) is 18.5 Å². The third-order valence-electron chi connectivity index (χ3n) is 4.54. The monoisotopic (exact) mass is 372 g/mol. The molecule has 0 spiro atoms. The maximum absolute atomic E-state index is 5.31. The molecule has 0 aliphatic carbocycles. The summed E-state index contributed by atoms with van der Waals surface area (Å²) >= 11 is 1.81. The lowest BCUT2D eigenvalue weighted by atomic mass is 10.0. The SMILES string of the molecule is COc1ccc(-c2cc(-c3ccccc3)sc2-c2ccc(OC)cc2)cc1. The number of methoxy groups -OCH3 is 2. The molecule has 4 rings (SSSR count). The van der Waals surface area contributed by atoms with Gasteiger partial charge in [0.2, 0.25) is 0 Å². The van der Waals surface area contributed by atoms with Crippen LogP contribution in [-0.2, 0) is 0 Å². The van der Waals surface area contributed by atoms with Crippen LogP contribution in [0.2, 0.25) is 0 Å². The fourth-order valence-corrected chi connectivity index (χ4v) is 4.27. The Morgan fingerprint density at radius 1 is 0.593 bits per heavy atom. The van der Waals surface area contributed by atoms with Crippen molar-refractivity contribution in [2.24, 2.45) is 0 Å². The molecule has 0 radical (unpaired) electrons. The van der Waals surface area contributed by atoms with Crippen LogP contribution < -0.4 is 9.47 Å². The molecule has 0 saturated carbocycles. The summed E-state index contributed by atoms with van der Waals surface area (Å²) in [4.78, 5) is 2.51. The van der Waals surface area contributed by atoms with Gasteiger partial charge in [0.1, 0.15) is 11.5 Å². The third-order valence-corrected chi connectivity index (χ3v) is 5.78. The Hall–Kier alpha value is -3.04. The molecular weight excluding hydrogens is 352 g/mol. The molecule has 0 N–H and O–H groups in total. The maximum Gasteiger partial charge on any atom is 0.118 e. The molecule has 1 heterocycles. The molecule has 4 aromatic rings. The van der Waals surface area contributed by atoms with Crippen molar-refractivity contribution < 1.29 is 9.47 Å². The first kappa shape index (κ1) is 17.4. The largest absolute Gasteiger partial charge is 0.497 e. The van der Waals surface area contributed by atoms with E-state index in [0.717, 1.165) is 11.5 Å². The second kappa shape index (κ2) is 7.68. The molecule has 0 aliphatic heterocycles.